The SMILES string of the molecule is Cc1cc(S(=O)(=O)N2CCCO[C@H]2CNC(=O)C(=O)NCCCN2CCCC2=O)ccc1F. The van der Waals surface area contributed by atoms with Crippen LogP contribution in [0.4, 0.5) is 4.39 Å². The third kappa shape index (κ3) is 6.27. The van der Waals surface area contributed by atoms with Gasteiger partial charge in [-0.1, -0.05) is 0 Å². The Hall–Kier alpha value is -2.57. The normalized spacial score (nSPS) is 19.5. The summed E-state index contributed by atoms with van der Waals surface area (Å²) >= 11 is 0. The highest BCUT2D eigenvalue weighted by Crippen LogP contribution is 2.23. The highest BCUT2D eigenvalue weighted by molar-refractivity contribution is 7.89. The summed E-state index contributed by atoms with van der Waals surface area (Å²) in [5.41, 5.74) is 0.199. The van der Waals surface area contributed by atoms with E-state index in [0.29, 0.717) is 39.0 Å². The van der Waals surface area contributed by atoms with E-state index in [0.717, 1.165) is 16.8 Å². The largest absolute Gasteiger partial charge is 0.360 e. The molecule has 3 rings (SSSR count). The topological polar surface area (TPSA) is 125 Å². The molecule has 0 unspecified atom stereocenters. The van der Waals surface area contributed by atoms with Gasteiger partial charge in [0.15, 0.2) is 0 Å². The molecule has 2 aliphatic rings. The van der Waals surface area contributed by atoms with Crippen molar-refractivity contribution in [2.24, 2.45) is 0 Å². The predicted molar refractivity (Wildman–Crippen MR) is 116 cm³/mol. The fraction of sp³-hybridized carbons (Fsp3) is 0.571. The molecule has 0 spiro atoms. The lowest BCUT2D eigenvalue weighted by Gasteiger charge is -2.34. The van der Waals surface area contributed by atoms with Crippen LogP contribution in [0.15, 0.2) is 23.1 Å². The molecular formula is C21H29FN4O6S. The zero-order valence-electron chi connectivity index (χ0n) is 18.5. The van der Waals surface area contributed by atoms with Crippen LogP contribution in [0.1, 0.15) is 31.2 Å². The average Bonchev–Trinajstić information content (AvgIpc) is 3.21. The number of sulfonamides is 1. The molecule has 0 radical (unpaired) electrons. The van der Waals surface area contributed by atoms with Crippen LogP contribution in [0.25, 0.3) is 0 Å². The van der Waals surface area contributed by atoms with Crippen molar-refractivity contribution in [2.75, 3.05) is 39.3 Å². The van der Waals surface area contributed by atoms with Gasteiger partial charge in [0.25, 0.3) is 0 Å². The lowest BCUT2D eigenvalue weighted by atomic mass is 10.2. The number of likely N-dealkylation sites (tertiary alicyclic amines) is 1. The molecule has 2 N–H and O–H groups in total. The summed E-state index contributed by atoms with van der Waals surface area (Å²) in [7, 11) is -3.99. The summed E-state index contributed by atoms with van der Waals surface area (Å²) in [4.78, 5) is 37.4. The predicted octanol–water partition coefficient (Wildman–Crippen LogP) is 0.116. The standard InChI is InChI=1S/C21H29FN4O6S/c1-15-13-16(6-7-17(15)22)33(30,31)26-11-4-12-32-19(26)14-24-21(29)20(28)23-8-3-10-25-9-2-5-18(25)27/h6-7,13,19H,2-5,8-12,14H2,1H3,(H,23,28)(H,24,29)/t19-/m0/s1. The molecule has 12 heteroatoms. The molecule has 10 nitrogen and oxygen atoms in total. The fourth-order valence-electron chi connectivity index (χ4n) is 3.77. The van der Waals surface area contributed by atoms with E-state index in [1.54, 1.807) is 4.90 Å². The van der Waals surface area contributed by atoms with Crippen LogP contribution in [-0.2, 0) is 29.1 Å². The van der Waals surface area contributed by atoms with E-state index in [9.17, 15) is 27.2 Å². The number of ether oxygens (including phenoxy) is 1. The van der Waals surface area contributed by atoms with Gasteiger partial charge in [-0.3, -0.25) is 14.4 Å². The van der Waals surface area contributed by atoms with Gasteiger partial charge >= 0.3 is 11.8 Å². The maximum Gasteiger partial charge on any atom is 0.309 e. The second-order valence-corrected chi connectivity index (χ2v) is 9.90. The molecule has 2 saturated heterocycles. The molecule has 0 saturated carbocycles. The molecule has 1 atom stereocenters. The molecule has 0 aromatic heterocycles. The first-order valence-corrected chi connectivity index (χ1v) is 12.4. The lowest BCUT2D eigenvalue weighted by molar-refractivity contribution is -0.140. The number of nitrogens with one attached hydrogen (secondary N) is 2. The van der Waals surface area contributed by atoms with Crippen molar-refractivity contribution < 1.29 is 31.9 Å². The summed E-state index contributed by atoms with van der Waals surface area (Å²) in [5.74, 6) is -2.16. The highest BCUT2D eigenvalue weighted by atomic mass is 32.2. The second kappa shape index (κ2) is 11.0. The average molecular weight is 485 g/mol. The molecule has 2 aliphatic heterocycles. The van der Waals surface area contributed by atoms with Gasteiger partial charge in [-0.15, -0.1) is 0 Å². The lowest BCUT2D eigenvalue weighted by Crippen LogP contribution is -2.53. The molecule has 33 heavy (non-hydrogen) atoms. The first-order valence-electron chi connectivity index (χ1n) is 10.9. The van der Waals surface area contributed by atoms with Crippen LogP contribution >= 0.6 is 0 Å². The van der Waals surface area contributed by atoms with Gasteiger partial charge in [0.1, 0.15) is 12.0 Å². The van der Waals surface area contributed by atoms with Gasteiger partial charge in [0.2, 0.25) is 15.9 Å². The van der Waals surface area contributed by atoms with Crippen LogP contribution < -0.4 is 10.6 Å². The number of amides is 3. The van der Waals surface area contributed by atoms with Gasteiger partial charge in [0, 0.05) is 32.6 Å². The number of carbonyl (C=O) groups excluding carboxylic acids is 3. The Balaban J connectivity index is 1.50. The monoisotopic (exact) mass is 484 g/mol. The van der Waals surface area contributed by atoms with Gasteiger partial charge in [-0.2, -0.15) is 4.31 Å². The van der Waals surface area contributed by atoms with E-state index in [4.69, 9.17) is 4.74 Å². The van der Waals surface area contributed by atoms with Gasteiger partial charge in [-0.25, -0.2) is 12.8 Å². The van der Waals surface area contributed by atoms with Crippen molar-refractivity contribution in [3.63, 3.8) is 0 Å². The van der Waals surface area contributed by atoms with Crippen molar-refractivity contribution in [3.05, 3.63) is 29.6 Å². The number of aryl methyl sites for hydroxylation is 1. The number of benzene rings is 1. The van der Waals surface area contributed by atoms with Crippen LogP contribution in [0, 0.1) is 12.7 Å². The van der Waals surface area contributed by atoms with Crippen molar-refractivity contribution in [3.8, 4) is 0 Å². The molecule has 2 fully saturated rings. The summed E-state index contributed by atoms with van der Waals surface area (Å²) in [6.45, 7) is 3.20. The quantitative estimate of drug-likeness (QED) is 0.399. The molecule has 2 heterocycles. The zero-order valence-corrected chi connectivity index (χ0v) is 19.3. The highest BCUT2D eigenvalue weighted by Gasteiger charge is 2.35. The Kier molecular flexibility index (Phi) is 8.38. The number of rotatable bonds is 8. The summed E-state index contributed by atoms with van der Waals surface area (Å²) in [5, 5.41) is 4.90. The Morgan fingerprint density at radius 1 is 1.18 bits per heavy atom. The van der Waals surface area contributed by atoms with Crippen molar-refractivity contribution in [2.45, 2.75) is 43.7 Å². The Morgan fingerprint density at radius 2 is 1.94 bits per heavy atom. The van der Waals surface area contributed by atoms with Gasteiger partial charge < -0.3 is 20.3 Å². The zero-order chi connectivity index (χ0) is 24.0. The molecule has 3 amide bonds. The van der Waals surface area contributed by atoms with E-state index in [1.165, 1.54) is 19.1 Å². The first-order chi connectivity index (χ1) is 15.7. The van der Waals surface area contributed by atoms with Gasteiger partial charge in [-0.05, 0) is 49.9 Å². The number of hydrogen-bond acceptors (Lipinski definition) is 6. The maximum atomic E-state index is 13.6. The second-order valence-electron chi connectivity index (χ2n) is 8.01. The van der Waals surface area contributed by atoms with E-state index in [-0.39, 0.29) is 36.0 Å². The Bertz CT molecular complexity index is 1000. The Labute approximate surface area is 192 Å². The third-order valence-electron chi connectivity index (χ3n) is 5.60. The van der Waals surface area contributed by atoms with Crippen LogP contribution in [0.2, 0.25) is 0 Å². The van der Waals surface area contributed by atoms with E-state index in [2.05, 4.69) is 10.6 Å². The van der Waals surface area contributed by atoms with Crippen LogP contribution in [0.3, 0.4) is 0 Å². The van der Waals surface area contributed by atoms with E-state index >= 15 is 0 Å². The van der Waals surface area contributed by atoms with Crippen LogP contribution in [0.5, 0.6) is 0 Å². The number of nitrogens with zero attached hydrogens (tertiary/aromatic N) is 2. The smallest absolute Gasteiger partial charge is 0.309 e. The molecule has 1 aromatic rings. The first kappa shape index (κ1) is 25.1. The van der Waals surface area contributed by atoms with Crippen LogP contribution in [-0.4, -0.2) is 80.9 Å². The minimum atomic E-state index is -3.99. The maximum absolute atomic E-state index is 13.6. The minimum absolute atomic E-state index is 0.0718. The van der Waals surface area contributed by atoms with E-state index in [1.807, 2.05) is 0 Å². The summed E-state index contributed by atoms with van der Waals surface area (Å²) in [6.07, 6.45) is 1.38. The van der Waals surface area contributed by atoms with Gasteiger partial charge in [0.05, 0.1) is 18.0 Å². The van der Waals surface area contributed by atoms with E-state index < -0.39 is 33.9 Å². The molecule has 0 aliphatic carbocycles. The molecular weight excluding hydrogens is 455 g/mol. The number of hydrogen-bond donors (Lipinski definition) is 2. The van der Waals surface area contributed by atoms with Crippen molar-refractivity contribution >= 4 is 27.7 Å². The molecule has 0 bridgehead atoms. The number of carbonyl (C=O) groups is 3. The van der Waals surface area contributed by atoms with Crippen molar-refractivity contribution in [1.82, 2.24) is 19.8 Å². The summed E-state index contributed by atoms with van der Waals surface area (Å²) in [6, 6.07) is 3.52. The molecule has 1 aromatic carbocycles. The minimum Gasteiger partial charge on any atom is -0.360 e. The number of halogens is 1. The fourth-order valence-corrected chi connectivity index (χ4v) is 5.42. The van der Waals surface area contributed by atoms with Crippen molar-refractivity contribution in [1.29, 1.82) is 0 Å². The third-order valence-corrected chi connectivity index (χ3v) is 7.48. The molecule has 182 valence electrons. The Morgan fingerprint density at radius 3 is 2.64 bits per heavy atom. The summed E-state index contributed by atoms with van der Waals surface area (Å²) < 4.78 is 46.3.